The molecule has 0 aliphatic heterocycles. The Morgan fingerprint density at radius 2 is 1.40 bits per heavy atom. The minimum atomic E-state index is -1.94. The normalized spacial score (nSPS) is 33.5. The average molecular weight is 607 g/mol. The van der Waals surface area contributed by atoms with Crippen LogP contribution in [0.5, 0.6) is 0 Å². The van der Waals surface area contributed by atoms with Gasteiger partial charge < -0.3 is 23.7 Å². The van der Waals surface area contributed by atoms with E-state index >= 15 is 0 Å². The molecule has 11 nitrogen and oxygen atoms in total. The number of carbonyl (C=O) groups is 6. The maximum absolute atomic E-state index is 14.4. The molecule has 240 valence electrons. The number of hydrogen-bond acceptors (Lipinski definition) is 11. The molecule has 1 fully saturated rings. The molecule has 8 atom stereocenters. The van der Waals surface area contributed by atoms with Crippen LogP contribution < -0.4 is 0 Å². The molecule has 0 aromatic rings. The van der Waals surface area contributed by atoms with Gasteiger partial charge in [0.2, 0.25) is 0 Å². The van der Waals surface area contributed by atoms with Crippen LogP contribution in [-0.2, 0) is 52.5 Å². The van der Waals surface area contributed by atoms with Gasteiger partial charge in [0.1, 0.15) is 12.2 Å². The molecule has 0 bridgehead atoms. The van der Waals surface area contributed by atoms with E-state index in [0.29, 0.717) is 0 Å². The summed E-state index contributed by atoms with van der Waals surface area (Å²) in [5.74, 6) is -6.81. The number of esters is 4. The SMILES string of the molecule is C=C1[C@H](OC(C)=O)[C@H]2[C@@H](OC(C)=O)[C@@H](C)C[C@]2(OC(C)=O)C(=O)[C@@H](C)/C=C/C(C)(C)C(=O)[C@H](OCC(C)C)[C@H]1OC(C)=O. The summed E-state index contributed by atoms with van der Waals surface area (Å²) in [6.07, 6.45) is -2.44. The van der Waals surface area contributed by atoms with Gasteiger partial charge in [-0.1, -0.05) is 46.4 Å². The van der Waals surface area contributed by atoms with Gasteiger partial charge in [-0.2, -0.15) is 0 Å². The molecule has 1 saturated carbocycles. The third kappa shape index (κ3) is 8.19. The molecule has 0 saturated heterocycles. The van der Waals surface area contributed by atoms with Crippen LogP contribution >= 0.6 is 0 Å². The Hall–Kier alpha value is -3.34. The number of rotatable bonds is 7. The number of carbonyl (C=O) groups excluding carboxylic acids is 6. The quantitative estimate of drug-likeness (QED) is 0.237. The molecular weight excluding hydrogens is 560 g/mol. The zero-order valence-electron chi connectivity index (χ0n) is 26.9. The van der Waals surface area contributed by atoms with Crippen molar-refractivity contribution >= 4 is 35.4 Å². The highest BCUT2D eigenvalue weighted by Gasteiger charge is 2.65. The van der Waals surface area contributed by atoms with Crippen molar-refractivity contribution in [3.63, 3.8) is 0 Å². The summed E-state index contributed by atoms with van der Waals surface area (Å²) in [6.45, 7) is 19.2. The lowest BCUT2D eigenvalue weighted by atomic mass is 9.72. The predicted octanol–water partition coefficient (Wildman–Crippen LogP) is 3.71. The van der Waals surface area contributed by atoms with Crippen LogP contribution in [0, 0.1) is 29.1 Å². The Morgan fingerprint density at radius 3 is 1.88 bits per heavy atom. The van der Waals surface area contributed by atoms with E-state index in [4.69, 9.17) is 23.7 Å². The van der Waals surface area contributed by atoms with E-state index in [1.807, 2.05) is 13.8 Å². The van der Waals surface area contributed by atoms with Crippen LogP contribution in [0.15, 0.2) is 24.3 Å². The third-order valence-electron chi connectivity index (χ3n) is 7.76. The highest BCUT2D eigenvalue weighted by atomic mass is 16.6. The Bertz CT molecular complexity index is 1170. The smallest absolute Gasteiger partial charge is 0.303 e. The first-order chi connectivity index (χ1) is 19.7. The third-order valence-corrected chi connectivity index (χ3v) is 7.76. The standard InChI is InChI=1S/C32H46O11/c1-16(2)15-39-28-27(42-22(8)35)19(5)26(41-21(7)34)24-25(40-20(6)33)18(4)14-32(24,43-23(9)36)29(37)17(3)12-13-31(10,11)30(28)38/h12-13,16-18,24-28H,5,14-15H2,1-4,6-11H3/b13-12+/t17-,18-,24+,25-,26-,27-,28+,32+/m0/s1. The van der Waals surface area contributed by atoms with Gasteiger partial charge in [-0.25, -0.2) is 0 Å². The second-order valence-corrected chi connectivity index (χ2v) is 12.6. The monoisotopic (exact) mass is 606 g/mol. The van der Waals surface area contributed by atoms with Crippen molar-refractivity contribution in [2.75, 3.05) is 6.61 Å². The molecular formula is C32H46O11. The van der Waals surface area contributed by atoms with Crippen LogP contribution in [0.1, 0.15) is 75.7 Å². The summed E-state index contributed by atoms with van der Waals surface area (Å²) in [6, 6.07) is 0. The van der Waals surface area contributed by atoms with Crippen LogP contribution in [0.25, 0.3) is 0 Å². The topological polar surface area (TPSA) is 149 Å². The van der Waals surface area contributed by atoms with Crippen LogP contribution in [0.2, 0.25) is 0 Å². The van der Waals surface area contributed by atoms with E-state index in [9.17, 15) is 28.8 Å². The number of ether oxygens (including phenoxy) is 5. The highest BCUT2D eigenvalue weighted by Crippen LogP contribution is 2.51. The molecule has 2 aliphatic carbocycles. The summed E-state index contributed by atoms with van der Waals surface area (Å²) < 4.78 is 29.2. The second kappa shape index (κ2) is 14.0. The first-order valence-corrected chi connectivity index (χ1v) is 14.5. The molecule has 0 radical (unpaired) electrons. The van der Waals surface area contributed by atoms with Crippen LogP contribution in [-0.4, -0.2) is 72.1 Å². The van der Waals surface area contributed by atoms with Gasteiger partial charge in [-0.05, 0) is 25.7 Å². The van der Waals surface area contributed by atoms with Gasteiger partial charge in [-0.3, -0.25) is 28.8 Å². The number of Topliss-reactive ketones (excluding diaryl/α,β-unsaturated/α-hetero) is 2. The van der Waals surface area contributed by atoms with Crippen LogP contribution in [0.4, 0.5) is 0 Å². The lowest BCUT2D eigenvalue weighted by Gasteiger charge is -2.42. The molecule has 0 unspecified atom stereocenters. The molecule has 0 amide bonds. The van der Waals surface area contributed by atoms with Crippen molar-refractivity contribution in [1.29, 1.82) is 0 Å². The van der Waals surface area contributed by atoms with Gasteiger partial charge >= 0.3 is 23.9 Å². The maximum atomic E-state index is 14.4. The van der Waals surface area contributed by atoms with Crippen LogP contribution in [0.3, 0.4) is 0 Å². The minimum absolute atomic E-state index is 0.0124. The predicted molar refractivity (Wildman–Crippen MR) is 154 cm³/mol. The fourth-order valence-corrected chi connectivity index (χ4v) is 5.96. The first-order valence-electron chi connectivity index (χ1n) is 14.5. The Labute approximate surface area is 253 Å². The zero-order chi connectivity index (χ0) is 33.0. The first kappa shape index (κ1) is 35.9. The van der Waals surface area contributed by atoms with Crippen molar-refractivity contribution in [3.8, 4) is 0 Å². The van der Waals surface area contributed by atoms with E-state index in [-0.39, 0.29) is 24.5 Å². The number of ketones is 2. The van der Waals surface area contributed by atoms with E-state index in [1.54, 1.807) is 39.8 Å². The van der Waals surface area contributed by atoms with Gasteiger partial charge in [0, 0.05) is 51.0 Å². The molecule has 0 aromatic carbocycles. The molecule has 0 N–H and O–H groups in total. The van der Waals surface area contributed by atoms with Gasteiger partial charge in [0.15, 0.2) is 29.4 Å². The summed E-state index contributed by atoms with van der Waals surface area (Å²) in [7, 11) is 0. The second-order valence-electron chi connectivity index (χ2n) is 12.6. The van der Waals surface area contributed by atoms with E-state index in [0.717, 1.165) is 20.8 Å². The lowest BCUT2D eigenvalue weighted by molar-refractivity contribution is -0.186. The van der Waals surface area contributed by atoms with Crippen molar-refractivity contribution in [3.05, 3.63) is 24.3 Å². The molecule has 11 heteroatoms. The van der Waals surface area contributed by atoms with E-state index in [2.05, 4.69) is 6.58 Å². The average Bonchev–Trinajstić information content (AvgIpc) is 3.13. The van der Waals surface area contributed by atoms with Gasteiger partial charge in [0.25, 0.3) is 0 Å². The number of allylic oxidation sites excluding steroid dienone is 2. The Balaban J connectivity index is 3.04. The van der Waals surface area contributed by atoms with Crippen molar-refractivity contribution in [2.45, 2.75) is 106 Å². The van der Waals surface area contributed by atoms with E-state index in [1.165, 1.54) is 6.92 Å². The molecule has 2 rings (SSSR count). The Kier molecular flexibility index (Phi) is 11.6. The lowest BCUT2D eigenvalue weighted by Crippen LogP contribution is -2.58. The number of hydrogen-bond donors (Lipinski definition) is 0. The summed E-state index contributed by atoms with van der Waals surface area (Å²) >= 11 is 0. The summed E-state index contributed by atoms with van der Waals surface area (Å²) in [4.78, 5) is 78.5. The van der Waals surface area contributed by atoms with Crippen molar-refractivity contribution in [2.24, 2.45) is 29.1 Å². The molecule has 0 spiro atoms. The van der Waals surface area contributed by atoms with Gasteiger partial charge in [0.05, 0.1) is 12.5 Å². The summed E-state index contributed by atoms with van der Waals surface area (Å²) in [5.41, 5.74) is -3.26. The zero-order valence-corrected chi connectivity index (χ0v) is 26.9. The molecule has 43 heavy (non-hydrogen) atoms. The van der Waals surface area contributed by atoms with Crippen molar-refractivity contribution < 1.29 is 52.5 Å². The molecule has 2 aliphatic rings. The molecule has 0 aromatic heterocycles. The molecule has 0 heterocycles. The maximum Gasteiger partial charge on any atom is 0.303 e. The largest absolute Gasteiger partial charge is 0.462 e. The minimum Gasteiger partial charge on any atom is -0.462 e. The Morgan fingerprint density at radius 1 is 0.860 bits per heavy atom. The number of fused-ring (bicyclic) bond motifs is 1. The van der Waals surface area contributed by atoms with Crippen molar-refractivity contribution in [1.82, 2.24) is 0 Å². The van der Waals surface area contributed by atoms with E-state index < -0.39 is 88.6 Å². The summed E-state index contributed by atoms with van der Waals surface area (Å²) in [5, 5.41) is 0. The highest BCUT2D eigenvalue weighted by molar-refractivity contribution is 5.95. The fraction of sp³-hybridized carbons (Fsp3) is 0.688. The fourth-order valence-electron chi connectivity index (χ4n) is 5.96. The van der Waals surface area contributed by atoms with Gasteiger partial charge in [-0.15, -0.1) is 0 Å².